The topological polar surface area (TPSA) is 104 Å². The number of anilines is 2. The summed E-state index contributed by atoms with van der Waals surface area (Å²) in [4.78, 5) is 18.4. The summed E-state index contributed by atoms with van der Waals surface area (Å²) in [5.41, 5.74) is 2.93. The third-order valence-corrected chi connectivity index (χ3v) is 11.6. The quantitative estimate of drug-likeness (QED) is 0.273. The minimum Gasteiger partial charge on any atom is -0.598 e. The van der Waals surface area contributed by atoms with Crippen molar-refractivity contribution < 1.29 is 18.5 Å². The fourth-order valence-corrected chi connectivity index (χ4v) is 7.96. The molecule has 2 N–H and O–H groups in total. The van der Waals surface area contributed by atoms with Gasteiger partial charge in [0.1, 0.15) is 28.0 Å². The molecule has 1 amide bonds. The number of fused-ring (bicyclic) bond motifs is 4. The van der Waals surface area contributed by atoms with E-state index in [1.54, 1.807) is 31.4 Å². The highest BCUT2D eigenvalue weighted by molar-refractivity contribution is 7.90. The summed E-state index contributed by atoms with van der Waals surface area (Å²) < 4.78 is 38.2. The van der Waals surface area contributed by atoms with Gasteiger partial charge in [0.2, 0.25) is 5.91 Å². The molecular formula is C37H41ClFN5O3S. The molecule has 2 heterocycles. The van der Waals surface area contributed by atoms with E-state index in [1.807, 2.05) is 64.2 Å². The molecular weight excluding hydrogens is 649 g/mol. The number of allylic oxidation sites excluding steroid dienone is 1. The monoisotopic (exact) mass is 689 g/mol. The van der Waals surface area contributed by atoms with Crippen molar-refractivity contribution in [2.45, 2.75) is 68.9 Å². The lowest BCUT2D eigenvalue weighted by atomic mass is 9.78. The van der Waals surface area contributed by atoms with E-state index >= 15 is 4.39 Å². The van der Waals surface area contributed by atoms with Gasteiger partial charge in [-0.25, -0.2) is 4.39 Å². The number of hydrogen-bond acceptors (Lipinski definition) is 7. The van der Waals surface area contributed by atoms with Crippen molar-refractivity contribution in [3.05, 3.63) is 106 Å². The van der Waals surface area contributed by atoms with Crippen LogP contribution in [0.1, 0.15) is 63.1 Å². The van der Waals surface area contributed by atoms with Crippen LogP contribution in [-0.4, -0.2) is 53.0 Å². The van der Waals surface area contributed by atoms with Crippen LogP contribution in [0, 0.1) is 23.1 Å². The van der Waals surface area contributed by atoms with Crippen molar-refractivity contribution in [1.82, 2.24) is 9.62 Å². The van der Waals surface area contributed by atoms with Crippen molar-refractivity contribution in [3.8, 4) is 6.07 Å². The van der Waals surface area contributed by atoms with Gasteiger partial charge in [-0.15, -0.1) is 4.72 Å². The second-order valence-corrected chi connectivity index (χ2v) is 16.3. The predicted molar refractivity (Wildman–Crippen MR) is 188 cm³/mol. The Balaban J connectivity index is 1.53. The van der Waals surface area contributed by atoms with Crippen LogP contribution in [0.4, 0.5) is 15.8 Å². The van der Waals surface area contributed by atoms with E-state index in [1.165, 1.54) is 11.6 Å². The number of carbonyl (C=O) groups is 1. The number of amides is 1. The van der Waals surface area contributed by atoms with Crippen LogP contribution in [0.15, 0.2) is 78.1 Å². The number of halogens is 2. The van der Waals surface area contributed by atoms with Gasteiger partial charge in [-0.05, 0) is 111 Å². The number of carbonyl (C=O) groups excluding carboxylic acids is 1. The highest BCUT2D eigenvalue weighted by Gasteiger charge is 2.48. The maximum Gasteiger partial charge on any atom is 0.247 e. The lowest BCUT2D eigenvalue weighted by Crippen LogP contribution is -2.52. The van der Waals surface area contributed by atoms with E-state index < -0.39 is 33.5 Å². The second kappa shape index (κ2) is 13.4. The normalized spacial score (nSPS) is 26.2. The summed E-state index contributed by atoms with van der Waals surface area (Å²) in [6.07, 6.45) is 2.28. The fourth-order valence-electron chi connectivity index (χ4n) is 6.87. The van der Waals surface area contributed by atoms with Crippen LogP contribution in [0.5, 0.6) is 0 Å². The molecule has 5 atom stereocenters. The molecule has 0 radical (unpaired) electrons. The number of hydrogen-bond donors (Lipinski definition) is 2. The van der Waals surface area contributed by atoms with Gasteiger partial charge in [-0.3, -0.25) is 4.79 Å². The summed E-state index contributed by atoms with van der Waals surface area (Å²) >= 11 is 4.69. The van der Waals surface area contributed by atoms with Gasteiger partial charge in [0.25, 0.3) is 0 Å². The number of nitriles is 1. The summed E-state index contributed by atoms with van der Waals surface area (Å²) in [6.45, 7) is 6.18. The second-order valence-electron chi connectivity index (χ2n) is 13.9. The van der Waals surface area contributed by atoms with Crippen molar-refractivity contribution in [2.24, 2.45) is 5.92 Å². The summed E-state index contributed by atoms with van der Waals surface area (Å²) in [5, 5.41) is 13.4. The Kier molecular flexibility index (Phi) is 9.55. The largest absolute Gasteiger partial charge is 0.598 e. The van der Waals surface area contributed by atoms with Gasteiger partial charge in [0, 0.05) is 49.2 Å². The minimum atomic E-state index is -1.55. The molecule has 0 spiro atoms. The summed E-state index contributed by atoms with van der Waals surface area (Å²) in [6, 6.07) is 21.1. The molecule has 3 aliphatic rings. The Morgan fingerprint density at radius 3 is 2.58 bits per heavy atom. The Morgan fingerprint density at radius 1 is 1.17 bits per heavy atom. The zero-order chi connectivity index (χ0) is 34.4. The molecule has 2 fully saturated rings. The lowest BCUT2D eigenvalue weighted by Gasteiger charge is -2.39. The molecule has 48 heavy (non-hydrogen) atoms. The number of rotatable bonds is 6. The number of ether oxygens (including phenoxy) is 1. The third-order valence-electron chi connectivity index (χ3n) is 9.68. The van der Waals surface area contributed by atoms with E-state index in [0.29, 0.717) is 42.0 Å². The molecule has 2 bridgehead atoms. The van der Waals surface area contributed by atoms with E-state index in [-0.39, 0.29) is 23.6 Å². The Morgan fingerprint density at radius 2 is 1.90 bits per heavy atom. The SMILES string of the molecule is CO[C@@H]1C[C@@H]2C(=O)Nc3cc(ccc3F)C(N[S@+]([O-])C(C)(C)C)(c3cccc(C#N)c3)CCC3C/C3=C(\N(C)c3ccc(Cl)cc3)N2C1. The van der Waals surface area contributed by atoms with E-state index in [4.69, 9.17) is 16.3 Å². The molecule has 3 aromatic rings. The molecule has 0 aromatic heterocycles. The highest BCUT2D eigenvalue weighted by Crippen LogP contribution is 2.50. The number of nitrogens with zero attached hydrogens (tertiary/aromatic N) is 3. The van der Waals surface area contributed by atoms with Gasteiger partial charge in [0.05, 0.1) is 23.4 Å². The molecule has 252 valence electrons. The van der Waals surface area contributed by atoms with Crippen molar-refractivity contribution in [1.29, 1.82) is 5.26 Å². The van der Waals surface area contributed by atoms with E-state index in [9.17, 15) is 14.6 Å². The summed E-state index contributed by atoms with van der Waals surface area (Å²) in [7, 11) is 3.64. The summed E-state index contributed by atoms with van der Waals surface area (Å²) in [5.74, 6) is 0.181. The average molecular weight is 690 g/mol. The first-order valence-electron chi connectivity index (χ1n) is 16.2. The highest BCUT2D eigenvalue weighted by atomic mass is 35.5. The van der Waals surface area contributed by atoms with Crippen LogP contribution >= 0.6 is 11.6 Å². The fraction of sp³-hybridized carbons (Fsp3) is 0.405. The first-order valence-corrected chi connectivity index (χ1v) is 17.7. The maximum atomic E-state index is 15.6. The van der Waals surface area contributed by atoms with Gasteiger partial charge in [0.15, 0.2) is 0 Å². The van der Waals surface area contributed by atoms with E-state index in [0.717, 1.165) is 23.5 Å². The molecule has 2 unspecified atom stereocenters. The number of nitrogens with one attached hydrogen (secondary N) is 2. The van der Waals surface area contributed by atoms with Crippen LogP contribution < -0.4 is 14.9 Å². The van der Waals surface area contributed by atoms with Crippen LogP contribution in [0.3, 0.4) is 0 Å². The van der Waals surface area contributed by atoms with Crippen molar-refractivity contribution in [2.75, 3.05) is 30.9 Å². The number of methoxy groups -OCH3 is 1. The Bertz CT molecular complexity index is 1770. The third kappa shape index (κ3) is 6.67. The lowest BCUT2D eigenvalue weighted by molar-refractivity contribution is -0.119. The molecule has 6 rings (SSSR count). The Hall–Kier alpha value is -3.59. The molecule has 11 heteroatoms. The molecule has 8 nitrogen and oxygen atoms in total. The average Bonchev–Trinajstić information content (AvgIpc) is 3.69. The molecule has 1 saturated carbocycles. The minimum absolute atomic E-state index is 0.0344. The zero-order valence-corrected chi connectivity index (χ0v) is 29.4. The van der Waals surface area contributed by atoms with Crippen molar-refractivity contribution in [3.63, 3.8) is 0 Å². The molecule has 3 aromatic carbocycles. The van der Waals surface area contributed by atoms with Gasteiger partial charge < -0.3 is 24.4 Å². The predicted octanol–water partition coefficient (Wildman–Crippen LogP) is 6.84. The molecule has 1 saturated heterocycles. The molecule has 1 aliphatic carbocycles. The zero-order valence-electron chi connectivity index (χ0n) is 27.8. The number of benzene rings is 3. The van der Waals surface area contributed by atoms with Crippen LogP contribution in [0.2, 0.25) is 5.02 Å². The first kappa shape index (κ1) is 34.3. The van der Waals surface area contributed by atoms with Crippen LogP contribution in [-0.2, 0) is 26.4 Å². The smallest absolute Gasteiger partial charge is 0.247 e. The Labute approximate surface area is 290 Å². The van der Waals surface area contributed by atoms with Gasteiger partial charge in [-0.1, -0.05) is 29.8 Å². The van der Waals surface area contributed by atoms with Gasteiger partial charge >= 0.3 is 0 Å². The maximum absolute atomic E-state index is 15.6. The van der Waals surface area contributed by atoms with E-state index in [2.05, 4.69) is 25.9 Å². The first-order chi connectivity index (χ1) is 22.8. The standard InChI is InChI=1S/C37H41ClFN5O3S/c1-36(2,3)48(46)42-37(25-8-6-7-23(17-25)21-40)16-15-24-18-30(24)35(43(4)28-12-10-27(38)11-13-28)44-22-29(47-5)20-33(44)34(45)41-32-19-26(37)9-14-31(32)39/h6-14,17,19,24,29,33,42H,15-16,18,20,22H2,1-5H3,(H,41,45)/b35-30-/t24?,29-,33-,37?,48-/m1/s1. The van der Waals surface area contributed by atoms with Crippen molar-refractivity contribution >= 4 is 40.2 Å². The van der Waals surface area contributed by atoms with Crippen LogP contribution in [0.25, 0.3) is 0 Å². The van der Waals surface area contributed by atoms with Gasteiger partial charge in [-0.2, -0.15) is 5.26 Å². The molecule has 2 aliphatic heterocycles.